The van der Waals surface area contributed by atoms with E-state index in [1.54, 1.807) is 11.3 Å². The molecule has 3 rings (SSSR count). The van der Waals surface area contributed by atoms with E-state index < -0.39 is 0 Å². The van der Waals surface area contributed by atoms with Crippen LogP contribution in [-0.2, 0) is 0 Å². The van der Waals surface area contributed by atoms with E-state index in [1.165, 1.54) is 6.39 Å². The van der Waals surface area contributed by atoms with Crippen LogP contribution in [-0.4, -0.2) is 15.2 Å². The van der Waals surface area contributed by atoms with Gasteiger partial charge in [-0.15, -0.1) is 21.5 Å². The number of hydrogen-bond donors (Lipinski definition) is 1. The highest BCUT2D eigenvalue weighted by molar-refractivity contribution is 7.07. The lowest BCUT2D eigenvalue weighted by Crippen LogP contribution is -2.08. The standard InChI is InChI=1S/C14H14N4OS/c1-9-3-4-11(14-18-16-7-19-14)5-12(9)17-10(2)13-6-20-8-15-13/h3-8,10,17H,1-2H3. The van der Waals surface area contributed by atoms with Crippen LogP contribution in [0, 0.1) is 6.92 Å². The quantitative estimate of drug-likeness (QED) is 0.792. The summed E-state index contributed by atoms with van der Waals surface area (Å²) in [4.78, 5) is 4.33. The minimum atomic E-state index is 0.151. The van der Waals surface area contributed by atoms with Gasteiger partial charge in [0.2, 0.25) is 12.3 Å². The van der Waals surface area contributed by atoms with Crippen molar-refractivity contribution < 1.29 is 4.42 Å². The number of benzene rings is 1. The molecule has 0 aliphatic carbocycles. The smallest absolute Gasteiger partial charge is 0.247 e. The van der Waals surface area contributed by atoms with Crippen molar-refractivity contribution in [3.8, 4) is 11.5 Å². The normalized spacial score (nSPS) is 12.3. The molecule has 3 aromatic rings. The summed E-state index contributed by atoms with van der Waals surface area (Å²) in [5.41, 5.74) is 5.99. The van der Waals surface area contributed by atoms with Gasteiger partial charge in [-0.1, -0.05) is 6.07 Å². The largest absolute Gasteiger partial charge is 0.423 e. The van der Waals surface area contributed by atoms with Crippen molar-refractivity contribution in [1.82, 2.24) is 15.2 Å². The molecule has 6 heteroatoms. The maximum Gasteiger partial charge on any atom is 0.247 e. The minimum absolute atomic E-state index is 0.151. The Morgan fingerprint density at radius 3 is 2.95 bits per heavy atom. The van der Waals surface area contributed by atoms with Crippen LogP contribution < -0.4 is 5.32 Å². The fourth-order valence-corrected chi connectivity index (χ4v) is 2.60. The summed E-state index contributed by atoms with van der Waals surface area (Å²) in [5, 5.41) is 13.2. The third-order valence-electron chi connectivity index (χ3n) is 3.11. The molecule has 0 spiro atoms. The minimum Gasteiger partial charge on any atom is -0.423 e. The summed E-state index contributed by atoms with van der Waals surface area (Å²) < 4.78 is 5.23. The van der Waals surface area contributed by atoms with Gasteiger partial charge in [0.25, 0.3) is 0 Å². The van der Waals surface area contributed by atoms with Gasteiger partial charge in [-0.25, -0.2) is 4.98 Å². The van der Waals surface area contributed by atoms with Gasteiger partial charge in [0.15, 0.2) is 0 Å². The summed E-state index contributed by atoms with van der Waals surface area (Å²) in [7, 11) is 0. The Hall–Kier alpha value is -2.21. The SMILES string of the molecule is Cc1ccc(-c2nnco2)cc1NC(C)c1cscn1. The second kappa shape index (κ2) is 5.42. The Morgan fingerprint density at radius 1 is 1.35 bits per heavy atom. The third-order valence-corrected chi connectivity index (χ3v) is 3.72. The van der Waals surface area contributed by atoms with Gasteiger partial charge < -0.3 is 9.73 Å². The molecule has 0 amide bonds. The molecule has 1 N–H and O–H groups in total. The maximum absolute atomic E-state index is 5.23. The van der Waals surface area contributed by atoms with Gasteiger partial charge in [-0.2, -0.15) is 0 Å². The molecule has 5 nitrogen and oxygen atoms in total. The Kier molecular flexibility index (Phi) is 3.47. The van der Waals surface area contributed by atoms with E-state index in [4.69, 9.17) is 4.42 Å². The van der Waals surface area contributed by atoms with Gasteiger partial charge in [-0.3, -0.25) is 0 Å². The molecular formula is C14H14N4OS. The van der Waals surface area contributed by atoms with E-state index in [0.29, 0.717) is 5.89 Å². The number of aryl methyl sites for hydroxylation is 1. The molecule has 0 radical (unpaired) electrons. The Balaban J connectivity index is 1.87. The summed E-state index contributed by atoms with van der Waals surface area (Å²) in [5.74, 6) is 0.523. The van der Waals surface area contributed by atoms with E-state index in [-0.39, 0.29) is 6.04 Å². The molecular weight excluding hydrogens is 272 g/mol. The van der Waals surface area contributed by atoms with E-state index >= 15 is 0 Å². The van der Waals surface area contributed by atoms with Gasteiger partial charge in [-0.05, 0) is 31.5 Å². The van der Waals surface area contributed by atoms with Gasteiger partial charge in [0.1, 0.15) is 0 Å². The second-order valence-electron chi connectivity index (χ2n) is 4.55. The highest BCUT2D eigenvalue weighted by atomic mass is 32.1. The summed E-state index contributed by atoms with van der Waals surface area (Å²) >= 11 is 1.60. The maximum atomic E-state index is 5.23. The number of aromatic nitrogens is 3. The lowest BCUT2D eigenvalue weighted by atomic mass is 10.1. The number of hydrogen-bond acceptors (Lipinski definition) is 6. The predicted octanol–water partition coefficient (Wildman–Crippen LogP) is 3.67. The van der Waals surface area contributed by atoms with Gasteiger partial charge >= 0.3 is 0 Å². The second-order valence-corrected chi connectivity index (χ2v) is 5.27. The van der Waals surface area contributed by atoms with Gasteiger partial charge in [0, 0.05) is 16.6 Å². The molecule has 0 fully saturated rings. The molecule has 0 saturated carbocycles. The van der Waals surface area contributed by atoms with Crippen molar-refractivity contribution in [2.75, 3.05) is 5.32 Å². The molecule has 1 aromatic carbocycles. The van der Waals surface area contributed by atoms with Crippen LogP contribution in [0.2, 0.25) is 0 Å². The molecule has 0 saturated heterocycles. The van der Waals surface area contributed by atoms with Crippen LogP contribution in [0.15, 0.2) is 39.9 Å². The monoisotopic (exact) mass is 286 g/mol. The zero-order valence-electron chi connectivity index (χ0n) is 11.2. The van der Waals surface area contributed by atoms with Crippen LogP contribution in [0.3, 0.4) is 0 Å². The molecule has 0 aliphatic rings. The first-order chi connectivity index (χ1) is 9.74. The van der Waals surface area contributed by atoms with E-state index in [1.807, 2.05) is 23.7 Å². The van der Waals surface area contributed by atoms with Crippen LogP contribution in [0.4, 0.5) is 5.69 Å². The van der Waals surface area contributed by atoms with Crippen molar-refractivity contribution >= 4 is 17.0 Å². The Morgan fingerprint density at radius 2 is 2.25 bits per heavy atom. The molecule has 2 heterocycles. The molecule has 102 valence electrons. The van der Waals surface area contributed by atoms with Crippen LogP contribution >= 0.6 is 11.3 Å². The zero-order chi connectivity index (χ0) is 13.9. The average Bonchev–Trinajstić information content (AvgIpc) is 3.14. The van der Waals surface area contributed by atoms with Gasteiger partial charge in [0.05, 0.1) is 17.2 Å². The van der Waals surface area contributed by atoms with Crippen molar-refractivity contribution in [2.24, 2.45) is 0 Å². The number of anilines is 1. The fraction of sp³-hybridized carbons (Fsp3) is 0.214. The molecule has 20 heavy (non-hydrogen) atoms. The predicted molar refractivity (Wildman–Crippen MR) is 78.6 cm³/mol. The molecule has 2 aromatic heterocycles. The van der Waals surface area contributed by atoms with Crippen molar-refractivity contribution in [3.05, 3.63) is 46.7 Å². The molecule has 0 aliphatic heterocycles. The Bertz CT molecular complexity index is 679. The first-order valence-corrected chi connectivity index (χ1v) is 7.20. The van der Waals surface area contributed by atoms with Crippen LogP contribution in [0.5, 0.6) is 0 Å². The number of nitrogens with zero attached hydrogens (tertiary/aromatic N) is 3. The van der Waals surface area contributed by atoms with Crippen LogP contribution in [0.25, 0.3) is 11.5 Å². The Labute approximate surface area is 120 Å². The van der Waals surface area contributed by atoms with Crippen molar-refractivity contribution in [2.45, 2.75) is 19.9 Å². The average molecular weight is 286 g/mol. The number of thiazole rings is 1. The number of rotatable bonds is 4. The van der Waals surface area contributed by atoms with Crippen LogP contribution in [0.1, 0.15) is 24.2 Å². The summed E-state index contributed by atoms with van der Waals surface area (Å²) in [6.45, 7) is 4.15. The van der Waals surface area contributed by atoms with E-state index in [2.05, 4.69) is 39.7 Å². The summed E-state index contributed by atoms with van der Waals surface area (Å²) in [6, 6.07) is 6.18. The molecule has 1 atom stereocenters. The lowest BCUT2D eigenvalue weighted by Gasteiger charge is -2.15. The third kappa shape index (κ3) is 2.55. The summed E-state index contributed by atoms with van der Waals surface area (Å²) in [6.07, 6.45) is 1.33. The van der Waals surface area contributed by atoms with Crippen molar-refractivity contribution in [1.29, 1.82) is 0 Å². The number of nitrogens with one attached hydrogen (secondary N) is 1. The topological polar surface area (TPSA) is 63.8 Å². The highest BCUT2D eigenvalue weighted by Gasteiger charge is 2.11. The first-order valence-electron chi connectivity index (χ1n) is 6.26. The lowest BCUT2D eigenvalue weighted by molar-refractivity contribution is 0.568. The van der Waals surface area contributed by atoms with Crippen molar-refractivity contribution in [3.63, 3.8) is 0 Å². The van der Waals surface area contributed by atoms with E-state index in [0.717, 1.165) is 22.5 Å². The van der Waals surface area contributed by atoms with E-state index in [9.17, 15) is 0 Å². The first kappa shape index (κ1) is 12.8. The molecule has 0 bridgehead atoms. The zero-order valence-corrected chi connectivity index (χ0v) is 12.0. The highest BCUT2D eigenvalue weighted by Crippen LogP contribution is 2.27. The fourth-order valence-electron chi connectivity index (χ4n) is 1.95. The molecule has 1 unspecified atom stereocenters.